The average Bonchev–Trinajstić information content (AvgIpc) is 3.09. The normalized spacial score (nSPS) is 11.5. The van der Waals surface area contributed by atoms with Crippen molar-refractivity contribution in [3.05, 3.63) is 105 Å². The predicted molar refractivity (Wildman–Crippen MR) is 144 cm³/mol. The first-order chi connectivity index (χ1) is 16.0. The second-order valence-electron chi connectivity index (χ2n) is 7.46. The van der Waals surface area contributed by atoms with Crippen LogP contribution in [0.3, 0.4) is 0 Å². The van der Waals surface area contributed by atoms with Crippen molar-refractivity contribution in [1.29, 1.82) is 0 Å². The molecule has 0 saturated heterocycles. The van der Waals surface area contributed by atoms with Crippen LogP contribution in [0.2, 0.25) is 20.1 Å². The molecule has 0 amide bonds. The maximum atomic E-state index is 7.05. The summed E-state index contributed by atoms with van der Waals surface area (Å²) in [6.45, 7) is 0. The van der Waals surface area contributed by atoms with Crippen molar-refractivity contribution in [2.75, 3.05) is 7.11 Å². The van der Waals surface area contributed by atoms with E-state index in [0.717, 1.165) is 37.8 Å². The van der Waals surface area contributed by atoms with E-state index in [0.29, 0.717) is 20.1 Å². The fourth-order valence-electron chi connectivity index (χ4n) is 4.06. The molecule has 1 nitrogen and oxygen atoms in total. The van der Waals surface area contributed by atoms with Gasteiger partial charge < -0.3 is 0 Å². The van der Waals surface area contributed by atoms with Crippen molar-refractivity contribution in [3.63, 3.8) is 0 Å². The molecule has 0 unspecified atom stereocenters. The molecule has 4 aliphatic rings. The standard InChI is InChI=1S/2C10H5Cl2.C7H7O.Bi/c2*11-9-6-10(12)8-5-3-1-2-4-7(8)9;1-8-7-5-3-2-4-6-7;/h2*1-5H;3-6H,1H3;. The molecule has 33 heavy (non-hydrogen) atoms. The number of rotatable bonds is 4. The Kier molecular flexibility index (Phi) is 6.76. The van der Waals surface area contributed by atoms with Crippen molar-refractivity contribution in [2.24, 2.45) is 0 Å². The number of methoxy groups -OCH3 is 1. The average molecular weight is 708 g/mol. The Labute approximate surface area is 221 Å². The van der Waals surface area contributed by atoms with Crippen LogP contribution in [0.4, 0.5) is 0 Å². The van der Waals surface area contributed by atoms with Gasteiger partial charge in [-0.05, 0) is 0 Å². The van der Waals surface area contributed by atoms with Gasteiger partial charge in [0, 0.05) is 0 Å². The monoisotopic (exact) mass is 706 g/mol. The molecular formula is C27H17BiCl4O. The Morgan fingerprint density at radius 3 is 1.21 bits per heavy atom. The Morgan fingerprint density at radius 2 is 0.879 bits per heavy atom. The summed E-state index contributed by atoms with van der Waals surface area (Å²) in [5, 5.41) is 2.73. The minimum absolute atomic E-state index is 0.683. The van der Waals surface area contributed by atoms with Crippen molar-refractivity contribution >= 4 is 78.0 Å². The van der Waals surface area contributed by atoms with Gasteiger partial charge in [-0.1, -0.05) is 0 Å². The number of halogens is 4. The molecule has 0 radical (unpaired) electrons. The number of ether oxygens (including phenoxy) is 1. The minimum atomic E-state index is -3.17. The van der Waals surface area contributed by atoms with Crippen LogP contribution in [-0.4, -0.2) is 28.9 Å². The van der Waals surface area contributed by atoms with Crippen LogP contribution in [0, 0.1) is 0 Å². The molecule has 4 aliphatic carbocycles. The summed E-state index contributed by atoms with van der Waals surface area (Å²) in [4.78, 5) is 0. The fraction of sp³-hybridized carbons (Fsp3) is 0.0370. The zero-order chi connectivity index (χ0) is 23.1. The zero-order valence-electron chi connectivity index (χ0n) is 17.5. The molecule has 0 atom stereocenters. The molecule has 0 aliphatic heterocycles. The summed E-state index contributed by atoms with van der Waals surface area (Å²) in [6, 6.07) is 28.0. The molecule has 1 aromatic rings. The molecule has 0 spiro atoms. The second-order valence-corrected chi connectivity index (χ2v) is 17.1. The first-order valence-electron chi connectivity index (χ1n) is 10.2. The van der Waals surface area contributed by atoms with Gasteiger partial charge in [-0.15, -0.1) is 0 Å². The van der Waals surface area contributed by atoms with Crippen molar-refractivity contribution in [2.45, 2.75) is 0 Å². The molecular weight excluding hydrogens is 691 g/mol. The van der Waals surface area contributed by atoms with E-state index in [1.165, 1.54) is 0 Å². The molecule has 0 fully saturated rings. The Bertz CT molecular complexity index is 1240. The summed E-state index contributed by atoms with van der Waals surface area (Å²) < 4.78 is 8.53. The number of hydrogen-bond acceptors (Lipinski definition) is 1. The molecule has 6 heteroatoms. The van der Waals surface area contributed by atoms with Crippen LogP contribution in [0.5, 0.6) is 5.75 Å². The first-order valence-corrected chi connectivity index (χ1v) is 16.9. The Hall–Kier alpha value is -1.54. The number of hydrogen-bond donors (Lipinski definition) is 0. The van der Waals surface area contributed by atoms with Crippen LogP contribution < -0.4 is 14.6 Å². The van der Waals surface area contributed by atoms with Gasteiger partial charge in [0.25, 0.3) is 0 Å². The second kappa shape index (κ2) is 9.61. The SMILES string of the molecule is COc1cc[c]([Bi]([c]2c(Cl)c3cccccc-3c2Cl)[c]2c(Cl)c3cccccc-3c2Cl)cc1. The Balaban J connectivity index is 1.86. The molecule has 5 rings (SSSR count). The number of fused-ring (bicyclic) bond motifs is 2. The molecule has 0 heterocycles. The van der Waals surface area contributed by atoms with Crippen LogP contribution in [0.1, 0.15) is 0 Å². The molecule has 0 saturated carbocycles. The van der Waals surface area contributed by atoms with Gasteiger partial charge in [0.15, 0.2) is 0 Å². The van der Waals surface area contributed by atoms with Crippen LogP contribution in [0.15, 0.2) is 84.9 Å². The summed E-state index contributed by atoms with van der Waals surface area (Å²) in [7, 11) is 1.66. The molecule has 0 bridgehead atoms. The summed E-state index contributed by atoms with van der Waals surface area (Å²) in [6.07, 6.45) is 0. The first kappa shape index (κ1) is 23.2. The third kappa shape index (κ3) is 4.01. The third-order valence-corrected chi connectivity index (χ3v) is 19.5. The predicted octanol–water partition coefficient (Wildman–Crippen LogP) is 7.03. The molecule has 0 N–H and O–H groups in total. The van der Waals surface area contributed by atoms with Gasteiger partial charge in [-0.2, -0.15) is 0 Å². The maximum absolute atomic E-state index is 7.05. The van der Waals surface area contributed by atoms with E-state index in [1.807, 2.05) is 72.8 Å². The van der Waals surface area contributed by atoms with Crippen LogP contribution >= 0.6 is 46.4 Å². The van der Waals surface area contributed by atoms with E-state index in [-0.39, 0.29) is 0 Å². The third-order valence-electron chi connectivity index (χ3n) is 5.63. The molecule has 164 valence electrons. The zero-order valence-corrected chi connectivity index (χ0v) is 24.0. The fourth-order valence-corrected chi connectivity index (χ4v) is 17.7. The van der Waals surface area contributed by atoms with Crippen molar-refractivity contribution in [3.8, 4) is 28.0 Å². The quantitative estimate of drug-likeness (QED) is 0.182. The Morgan fingerprint density at radius 1 is 0.515 bits per heavy atom. The molecule has 1 aromatic carbocycles. The number of benzene rings is 1. The van der Waals surface area contributed by atoms with Crippen LogP contribution in [0.25, 0.3) is 22.3 Å². The van der Waals surface area contributed by atoms with Gasteiger partial charge >= 0.3 is 223 Å². The van der Waals surface area contributed by atoms with Gasteiger partial charge in [0.2, 0.25) is 0 Å². The van der Waals surface area contributed by atoms with Gasteiger partial charge in [-0.3, -0.25) is 0 Å². The van der Waals surface area contributed by atoms with E-state index in [4.69, 9.17) is 51.1 Å². The van der Waals surface area contributed by atoms with Crippen molar-refractivity contribution < 1.29 is 4.74 Å². The van der Waals surface area contributed by atoms with E-state index in [9.17, 15) is 0 Å². The summed E-state index contributed by atoms with van der Waals surface area (Å²) in [5.41, 5.74) is 3.74. The van der Waals surface area contributed by atoms with E-state index in [2.05, 4.69) is 12.1 Å². The van der Waals surface area contributed by atoms with E-state index >= 15 is 0 Å². The van der Waals surface area contributed by atoms with Gasteiger partial charge in [-0.25, -0.2) is 0 Å². The van der Waals surface area contributed by atoms with Gasteiger partial charge in [0.1, 0.15) is 0 Å². The summed E-state index contributed by atoms with van der Waals surface area (Å²) >= 11 is 25.0. The van der Waals surface area contributed by atoms with E-state index in [1.54, 1.807) is 7.11 Å². The molecule has 0 aromatic heterocycles. The van der Waals surface area contributed by atoms with Crippen LogP contribution in [-0.2, 0) is 0 Å². The topological polar surface area (TPSA) is 9.23 Å². The van der Waals surface area contributed by atoms with Gasteiger partial charge in [0.05, 0.1) is 0 Å². The van der Waals surface area contributed by atoms with E-state index < -0.39 is 21.8 Å². The van der Waals surface area contributed by atoms with Crippen molar-refractivity contribution in [1.82, 2.24) is 0 Å². The summed E-state index contributed by atoms with van der Waals surface area (Å²) in [5.74, 6) is 0.788.